The van der Waals surface area contributed by atoms with Crippen LogP contribution >= 0.6 is 33.2 Å². The van der Waals surface area contributed by atoms with E-state index in [-0.39, 0.29) is 0 Å². The van der Waals surface area contributed by atoms with Gasteiger partial charge in [0.2, 0.25) is 0 Å². The molecule has 2 saturated carbocycles. The fourth-order valence-corrected chi connectivity index (χ4v) is 6.62. The van der Waals surface area contributed by atoms with Crippen LogP contribution < -0.4 is 0 Å². The van der Waals surface area contributed by atoms with Gasteiger partial charge in [-0.1, -0.05) is 0 Å². The molecule has 0 N–H and O–H groups in total. The highest BCUT2D eigenvalue weighted by molar-refractivity contribution is 7.65. The zero-order valence-corrected chi connectivity index (χ0v) is 10.8. The highest BCUT2D eigenvalue weighted by Crippen LogP contribution is 2.66. The molecule has 2 bridgehead atoms. The summed E-state index contributed by atoms with van der Waals surface area (Å²) in [5.74, 6) is -2.01. The van der Waals surface area contributed by atoms with Crippen molar-refractivity contribution in [3.63, 3.8) is 0 Å². The number of alkyl halides is 5. The van der Waals surface area contributed by atoms with Crippen molar-refractivity contribution in [2.75, 3.05) is 0 Å². The molecular weight excluding hydrogens is 314 g/mol. The Labute approximate surface area is 103 Å². The van der Waals surface area contributed by atoms with Crippen LogP contribution in [0.25, 0.3) is 0 Å². The average molecular weight is 320 g/mol. The Morgan fingerprint density at radius 3 is 1.75 bits per heavy atom. The van der Waals surface area contributed by atoms with E-state index >= 15 is 0 Å². The lowest BCUT2D eigenvalue weighted by molar-refractivity contribution is -0.0123. The van der Waals surface area contributed by atoms with E-state index in [9.17, 15) is 22.0 Å². The molecule has 0 aromatic carbocycles. The normalized spacial score (nSPS) is 57.0. The molecular formula is C7H6Cl3F5Si. The first-order valence-corrected chi connectivity index (χ1v) is 9.56. The van der Waals surface area contributed by atoms with E-state index in [1.54, 1.807) is 0 Å². The summed E-state index contributed by atoms with van der Waals surface area (Å²) in [5.41, 5.74) is -5.34. The van der Waals surface area contributed by atoms with Gasteiger partial charge in [0.25, 0.3) is 0 Å². The van der Waals surface area contributed by atoms with Crippen LogP contribution in [0.4, 0.5) is 22.0 Å². The van der Waals surface area contributed by atoms with Gasteiger partial charge in [0.15, 0.2) is 11.8 Å². The van der Waals surface area contributed by atoms with Gasteiger partial charge in [-0.15, -0.1) is 33.2 Å². The lowest BCUT2D eigenvalue weighted by Crippen LogP contribution is -2.52. The summed E-state index contributed by atoms with van der Waals surface area (Å²) < 4.78 is 67.5. The van der Waals surface area contributed by atoms with Gasteiger partial charge in [0.05, 0.1) is 11.5 Å². The van der Waals surface area contributed by atoms with Crippen molar-refractivity contribution in [2.45, 2.75) is 35.9 Å². The largest absolute Gasteiger partial charge is 0.350 e. The Morgan fingerprint density at radius 1 is 0.875 bits per heavy atom. The predicted molar refractivity (Wildman–Crippen MR) is 54.0 cm³/mol. The van der Waals surface area contributed by atoms with Gasteiger partial charge in [-0.2, -0.15) is 0 Å². The van der Waals surface area contributed by atoms with Crippen molar-refractivity contribution >= 4 is 39.2 Å². The second kappa shape index (κ2) is 3.62. The number of hydrogen-bond donors (Lipinski definition) is 0. The summed E-state index contributed by atoms with van der Waals surface area (Å²) in [7, 11) is 0. The molecule has 2 rings (SSSR count). The topological polar surface area (TPSA) is 0 Å². The minimum atomic E-state index is -4.01. The first-order chi connectivity index (χ1) is 7.13. The van der Waals surface area contributed by atoms with Crippen molar-refractivity contribution in [3.8, 4) is 0 Å². The maximum atomic E-state index is 14.1. The molecule has 16 heavy (non-hydrogen) atoms. The van der Waals surface area contributed by atoms with Crippen LogP contribution in [0.3, 0.4) is 0 Å². The molecule has 2 aliphatic rings. The van der Waals surface area contributed by atoms with E-state index in [0.717, 1.165) is 0 Å². The lowest BCUT2D eigenvalue weighted by atomic mass is 9.93. The molecule has 7 atom stereocenters. The standard InChI is InChI=1S/C7H6Cl3F5Si/c8-16(9,10)6-3(12)1-2(11)5(14)7(6,15)4(1)13/h1-6H. The van der Waals surface area contributed by atoms with Gasteiger partial charge in [-0.25, -0.2) is 22.0 Å². The molecule has 0 aromatic heterocycles. The third-order valence-corrected chi connectivity index (χ3v) is 6.93. The number of halogens is 8. The summed E-state index contributed by atoms with van der Waals surface area (Å²) in [4.78, 5) is 0. The summed E-state index contributed by atoms with van der Waals surface area (Å²) in [6.45, 7) is 0. The van der Waals surface area contributed by atoms with Crippen molar-refractivity contribution in [2.24, 2.45) is 5.92 Å². The van der Waals surface area contributed by atoms with E-state index in [1.165, 1.54) is 0 Å². The summed E-state index contributed by atoms with van der Waals surface area (Å²) in [6, 6.07) is -4.01. The van der Waals surface area contributed by atoms with Crippen molar-refractivity contribution in [1.82, 2.24) is 0 Å². The molecule has 0 spiro atoms. The summed E-state index contributed by atoms with van der Waals surface area (Å²) in [5, 5.41) is 0. The minimum absolute atomic E-state index is 1.99. The SMILES string of the molecule is FC1C2C(F)C([Si](Cl)(Cl)Cl)C(F)(C1F)C2F. The second-order valence-electron chi connectivity index (χ2n) is 4.12. The number of fused-ring (bicyclic) bond motifs is 2. The van der Waals surface area contributed by atoms with Crippen LogP contribution in [0.1, 0.15) is 0 Å². The molecule has 9 heteroatoms. The van der Waals surface area contributed by atoms with Crippen LogP contribution in [0.15, 0.2) is 0 Å². The maximum Gasteiger partial charge on any atom is 0.350 e. The zero-order chi connectivity index (χ0) is 12.5. The van der Waals surface area contributed by atoms with Crippen LogP contribution in [0, 0.1) is 5.92 Å². The predicted octanol–water partition coefficient (Wildman–Crippen LogP) is 3.72. The van der Waals surface area contributed by atoms with Gasteiger partial charge >= 0.3 is 6.00 Å². The van der Waals surface area contributed by atoms with Gasteiger partial charge in [-0.05, 0) is 0 Å². The Balaban J connectivity index is 2.46. The Kier molecular flexibility index (Phi) is 2.98. The van der Waals surface area contributed by atoms with E-state index in [0.29, 0.717) is 0 Å². The highest BCUT2D eigenvalue weighted by atomic mass is 35.8. The molecule has 2 fully saturated rings. The molecule has 0 aromatic rings. The van der Waals surface area contributed by atoms with Crippen LogP contribution in [-0.4, -0.2) is 36.4 Å². The molecule has 0 saturated heterocycles. The molecule has 0 aliphatic heterocycles. The number of rotatable bonds is 1. The van der Waals surface area contributed by atoms with Crippen molar-refractivity contribution in [3.05, 3.63) is 0 Å². The second-order valence-corrected chi connectivity index (χ2v) is 12.9. The molecule has 94 valence electrons. The van der Waals surface area contributed by atoms with E-state index in [1.807, 2.05) is 0 Å². The van der Waals surface area contributed by atoms with Crippen molar-refractivity contribution < 1.29 is 22.0 Å². The Hall–Kier alpha value is 0.737. The first kappa shape index (κ1) is 13.2. The molecule has 0 amide bonds. The zero-order valence-electron chi connectivity index (χ0n) is 7.49. The van der Waals surface area contributed by atoms with Gasteiger partial charge in [0, 0.05) is 0 Å². The van der Waals surface area contributed by atoms with Gasteiger partial charge in [-0.3, -0.25) is 0 Å². The van der Waals surface area contributed by atoms with Gasteiger partial charge < -0.3 is 0 Å². The quantitative estimate of drug-likeness (QED) is 0.393. The smallest absolute Gasteiger partial charge is 0.247 e. The van der Waals surface area contributed by atoms with Crippen LogP contribution in [0.2, 0.25) is 5.54 Å². The third kappa shape index (κ3) is 1.39. The highest BCUT2D eigenvalue weighted by Gasteiger charge is 2.80. The van der Waals surface area contributed by atoms with Crippen molar-refractivity contribution in [1.29, 1.82) is 0 Å². The Bertz CT molecular complexity index is 313. The summed E-state index contributed by atoms with van der Waals surface area (Å²) >= 11 is 16.3. The summed E-state index contributed by atoms with van der Waals surface area (Å²) in [6.07, 6.45) is -10.2. The molecule has 0 radical (unpaired) electrons. The van der Waals surface area contributed by atoms with E-state index in [4.69, 9.17) is 33.2 Å². The van der Waals surface area contributed by atoms with Crippen LogP contribution in [0.5, 0.6) is 0 Å². The van der Waals surface area contributed by atoms with E-state index in [2.05, 4.69) is 0 Å². The van der Waals surface area contributed by atoms with Crippen LogP contribution in [-0.2, 0) is 0 Å². The van der Waals surface area contributed by atoms with Gasteiger partial charge in [0.1, 0.15) is 18.5 Å². The first-order valence-electron chi connectivity index (χ1n) is 4.45. The fourth-order valence-electron chi connectivity index (χ4n) is 2.63. The Morgan fingerprint density at radius 2 is 1.38 bits per heavy atom. The molecule has 0 heterocycles. The average Bonchev–Trinajstić information content (AvgIpc) is 2.40. The third-order valence-electron chi connectivity index (χ3n) is 3.35. The molecule has 2 aliphatic carbocycles. The lowest BCUT2D eigenvalue weighted by Gasteiger charge is -2.36. The molecule has 0 nitrogen and oxygen atoms in total. The number of hydrogen-bond acceptors (Lipinski definition) is 0. The van der Waals surface area contributed by atoms with E-state index < -0.39 is 47.8 Å². The minimum Gasteiger partial charge on any atom is -0.247 e. The maximum absolute atomic E-state index is 14.1. The fraction of sp³-hybridized carbons (Fsp3) is 1.00. The molecule has 7 unspecified atom stereocenters. The monoisotopic (exact) mass is 318 g/mol.